The highest BCUT2D eigenvalue weighted by Crippen LogP contribution is 2.40. The van der Waals surface area contributed by atoms with Crippen LogP contribution in [0, 0.1) is 11.3 Å². The lowest BCUT2D eigenvalue weighted by Crippen LogP contribution is -2.56. The van der Waals surface area contributed by atoms with Gasteiger partial charge in [0.1, 0.15) is 36.2 Å². The maximum atomic E-state index is 12.7. The number of carbonyl (C=O) groups excluding carboxylic acids is 2. The zero-order valence-electron chi connectivity index (χ0n) is 15.7. The maximum Gasteiger partial charge on any atom is 0.426 e. The standard InChI is InChI=1S/C20H19N5O4/c21-9-14-10-23-18(8-17(14)29-12-16-5-7-28-16)25(20(22)27)6-1-2-13-3-4-15(11-26)24-19(13)25/h3-4,8,10-11,16H,1-2,5-7,12H2,(H-,22,27)/p+1. The molecule has 4 heterocycles. The number of rotatable bonds is 5. The summed E-state index contributed by atoms with van der Waals surface area (Å²) in [6.07, 6.45) is 4.29. The van der Waals surface area contributed by atoms with Crippen molar-refractivity contribution in [3.63, 3.8) is 0 Å². The van der Waals surface area contributed by atoms with E-state index in [2.05, 4.69) is 16.0 Å². The zero-order valence-corrected chi connectivity index (χ0v) is 15.7. The molecule has 4 rings (SSSR count). The number of aromatic nitrogens is 2. The van der Waals surface area contributed by atoms with E-state index in [9.17, 15) is 14.9 Å². The molecule has 2 aliphatic heterocycles. The first-order chi connectivity index (χ1) is 14.1. The Morgan fingerprint density at radius 1 is 1.48 bits per heavy atom. The SMILES string of the molecule is N#Cc1cnc([N+]2(C(N)=O)CCCc3ccc(C=O)nc32)cc1OCC1CCO1. The van der Waals surface area contributed by atoms with Crippen LogP contribution in [0.3, 0.4) is 0 Å². The van der Waals surface area contributed by atoms with Gasteiger partial charge in [-0.2, -0.15) is 10.2 Å². The second-order valence-electron chi connectivity index (χ2n) is 7.05. The molecule has 2 atom stereocenters. The Hall–Kier alpha value is -3.35. The van der Waals surface area contributed by atoms with Crippen LogP contribution in [0.25, 0.3) is 0 Å². The predicted molar refractivity (Wildman–Crippen MR) is 103 cm³/mol. The number of fused-ring (bicyclic) bond motifs is 1. The van der Waals surface area contributed by atoms with Crippen molar-refractivity contribution in [1.82, 2.24) is 14.5 Å². The number of amides is 2. The summed E-state index contributed by atoms with van der Waals surface area (Å²) >= 11 is 0. The summed E-state index contributed by atoms with van der Waals surface area (Å²) in [5.41, 5.74) is 7.15. The first kappa shape index (κ1) is 19.0. The number of primary amides is 1. The Morgan fingerprint density at radius 2 is 2.31 bits per heavy atom. The number of aldehydes is 1. The number of aryl methyl sites for hydroxylation is 1. The summed E-state index contributed by atoms with van der Waals surface area (Å²) in [6, 6.07) is 6.36. The Balaban J connectivity index is 1.82. The number of nitrogens with zero attached hydrogens (tertiary/aromatic N) is 4. The molecule has 2 aliphatic rings. The average Bonchev–Trinajstić information content (AvgIpc) is 2.71. The molecule has 2 aromatic heterocycles. The van der Waals surface area contributed by atoms with Crippen molar-refractivity contribution in [3.8, 4) is 11.8 Å². The molecular weight excluding hydrogens is 374 g/mol. The topological polar surface area (TPSA) is 128 Å². The van der Waals surface area contributed by atoms with E-state index < -0.39 is 10.5 Å². The highest BCUT2D eigenvalue weighted by Gasteiger charge is 2.47. The van der Waals surface area contributed by atoms with Gasteiger partial charge in [-0.1, -0.05) is 0 Å². The summed E-state index contributed by atoms with van der Waals surface area (Å²) in [5.74, 6) is 1.00. The number of nitriles is 1. The van der Waals surface area contributed by atoms with E-state index in [1.807, 2.05) is 0 Å². The molecule has 0 aromatic carbocycles. The smallest absolute Gasteiger partial charge is 0.426 e. The predicted octanol–water partition coefficient (Wildman–Crippen LogP) is 1.99. The van der Waals surface area contributed by atoms with Crippen LogP contribution in [-0.4, -0.2) is 48.1 Å². The van der Waals surface area contributed by atoms with Crippen LogP contribution in [0.5, 0.6) is 5.75 Å². The molecule has 2 N–H and O–H groups in total. The highest BCUT2D eigenvalue weighted by atomic mass is 16.5. The quantitative estimate of drug-likeness (QED) is 0.606. The van der Waals surface area contributed by atoms with E-state index in [1.54, 1.807) is 18.2 Å². The zero-order chi connectivity index (χ0) is 20.4. The monoisotopic (exact) mass is 394 g/mol. The third-order valence-electron chi connectivity index (χ3n) is 5.36. The lowest BCUT2D eigenvalue weighted by molar-refractivity contribution is -0.0721. The van der Waals surface area contributed by atoms with Crippen molar-refractivity contribution in [1.29, 1.82) is 5.26 Å². The number of hydrogen-bond acceptors (Lipinski definition) is 7. The Labute approximate surface area is 167 Å². The van der Waals surface area contributed by atoms with Gasteiger partial charge in [0.05, 0.1) is 18.4 Å². The lowest BCUT2D eigenvalue weighted by atomic mass is 10.0. The van der Waals surface area contributed by atoms with E-state index >= 15 is 0 Å². The van der Waals surface area contributed by atoms with Gasteiger partial charge in [-0.05, 0) is 18.6 Å². The van der Waals surface area contributed by atoms with Gasteiger partial charge in [0.2, 0.25) is 11.6 Å². The molecule has 2 aromatic rings. The van der Waals surface area contributed by atoms with Crippen molar-refractivity contribution in [2.24, 2.45) is 5.73 Å². The fraction of sp³-hybridized carbons (Fsp3) is 0.350. The third-order valence-corrected chi connectivity index (χ3v) is 5.36. The molecule has 1 saturated heterocycles. The van der Waals surface area contributed by atoms with E-state index in [-0.39, 0.29) is 17.4 Å². The van der Waals surface area contributed by atoms with Crippen molar-refractivity contribution in [3.05, 3.63) is 41.2 Å². The van der Waals surface area contributed by atoms with Gasteiger partial charge in [0, 0.05) is 25.0 Å². The van der Waals surface area contributed by atoms with Crippen LogP contribution in [0.2, 0.25) is 0 Å². The fourth-order valence-corrected chi connectivity index (χ4v) is 3.68. The van der Waals surface area contributed by atoms with Gasteiger partial charge in [-0.3, -0.25) is 4.79 Å². The molecule has 2 amide bonds. The average molecular weight is 394 g/mol. The molecule has 148 valence electrons. The summed E-state index contributed by atoms with van der Waals surface area (Å²) in [6.45, 7) is 1.35. The second-order valence-corrected chi connectivity index (χ2v) is 7.05. The summed E-state index contributed by atoms with van der Waals surface area (Å²) in [7, 11) is 0. The summed E-state index contributed by atoms with van der Waals surface area (Å²) < 4.78 is 10.7. The van der Waals surface area contributed by atoms with Crippen LogP contribution in [0.15, 0.2) is 24.4 Å². The minimum Gasteiger partial charge on any atom is -0.489 e. The van der Waals surface area contributed by atoms with Crippen LogP contribution < -0.4 is 15.0 Å². The number of pyridine rings is 2. The van der Waals surface area contributed by atoms with Crippen LogP contribution >= 0.6 is 0 Å². The molecule has 29 heavy (non-hydrogen) atoms. The number of hydrogen-bond donors (Lipinski definition) is 1. The fourth-order valence-electron chi connectivity index (χ4n) is 3.68. The van der Waals surface area contributed by atoms with Gasteiger partial charge in [-0.15, -0.1) is 4.48 Å². The Morgan fingerprint density at radius 3 is 2.97 bits per heavy atom. The molecule has 9 heteroatoms. The van der Waals surface area contributed by atoms with E-state index in [4.69, 9.17) is 15.2 Å². The molecule has 2 unspecified atom stereocenters. The van der Waals surface area contributed by atoms with Crippen molar-refractivity contribution in [2.45, 2.75) is 25.4 Å². The van der Waals surface area contributed by atoms with Gasteiger partial charge < -0.3 is 15.2 Å². The normalized spacial score (nSPS) is 22.7. The molecular formula is C20H20N5O4+. The first-order valence-electron chi connectivity index (χ1n) is 9.37. The number of carbonyl (C=O) groups is 2. The Bertz CT molecular complexity index is 1010. The minimum absolute atomic E-state index is 0.00929. The number of ether oxygens (including phenoxy) is 2. The summed E-state index contributed by atoms with van der Waals surface area (Å²) in [5, 5.41) is 9.41. The molecule has 0 saturated carbocycles. The van der Waals surface area contributed by atoms with Gasteiger partial charge >= 0.3 is 6.03 Å². The molecule has 0 spiro atoms. The number of quaternary nitrogens is 1. The highest BCUT2D eigenvalue weighted by molar-refractivity contribution is 5.92. The molecule has 0 aliphatic carbocycles. The van der Waals surface area contributed by atoms with Gasteiger partial charge in [-0.25, -0.2) is 9.78 Å². The maximum absolute atomic E-state index is 12.7. The molecule has 0 radical (unpaired) electrons. The van der Waals surface area contributed by atoms with Crippen molar-refractivity contribution >= 4 is 24.0 Å². The lowest BCUT2D eigenvalue weighted by Gasteiger charge is -2.35. The number of nitrogens with two attached hydrogens (primary N) is 1. The van der Waals surface area contributed by atoms with E-state index in [1.165, 1.54) is 6.20 Å². The van der Waals surface area contributed by atoms with Gasteiger partial charge in [0.15, 0.2) is 6.29 Å². The van der Waals surface area contributed by atoms with E-state index in [0.717, 1.165) is 12.0 Å². The van der Waals surface area contributed by atoms with Crippen LogP contribution in [0.1, 0.15) is 34.5 Å². The minimum atomic E-state index is -0.660. The Kier molecular flexibility index (Phi) is 4.96. The summed E-state index contributed by atoms with van der Waals surface area (Å²) in [4.78, 5) is 32.7. The number of urea groups is 1. The first-order valence-corrected chi connectivity index (χ1v) is 9.37. The largest absolute Gasteiger partial charge is 0.489 e. The molecule has 1 fully saturated rings. The molecule has 9 nitrogen and oxygen atoms in total. The van der Waals surface area contributed by atoms with Crippen molar-refractivity contribution in [2.75, 3.05) is 19.8 Å². The van der Waals surface area contributed by atoms with Crippen molar-refractivity contribution < 1.29 is 19.1 Å². The second kappa shape index (κ2) is 7.58. The third kappa shape index (κ3) is 3.22. The van der Waals surface area contributed by atoms with Crippen LogP contribution in [-0.2, 0) is 11.2 Å². The molecule has 0 bridgehead atoms. The van der Waals surface area contributed by atoms with E-state index in [0.29, 0.717) is 56.3 Å². The van der Waals surface area contributed by atoms with Gasteiger partial charge in [0.25, 0.3) is 0 Å². The van der Waals surface area contributed by atoms with Crippen LogP contribution in [0.4, 0.5) is 16.4 Å².